The fourth-order valence-electron chi connectivity index (χ4n) is 3.20. The van der Waals surface area contributed by atoms with E-state index >= 15 is 0 Å². The highest BCUT2D eigenvalue weighted by molar-refractivity contribution is 6.30. The predicted molar refractivity (Wildman–Crippen MR) is 109 cm³/mol. The van der Waals surface area contributed by atoms with Crippen LogP contribution in [0.4, 0.5) is 10.1 Å². The van der Waals surface area contributed by atoms with Gasteiger partial charge in [0.2, 0.25) is 0 Å². The molecule has 0 aromatic heterocycles. The highest BCUT2D eigenvalue weighted by atomic mass is 35.5. The Bertz CT molecular complexity index is 724. The molecule has 2 aromatic rings. The number of piperazine rings is 1. The number of hydrogen-bond donors (Lipinski definition) is 1. The maximum atomic E-state index is 13.9. The van der Waals surface area contributed by atoms with Crippen LogP contribution >= 0.6 is 11.6 Å². The second-order valence-electron chi connectivity index (χ2n) is 6.77. The van der Waals surface area contributed by atoms with Crippen molar-refractivity contribution >= 4 is 17.3 Å². The summed E-state index contributed by atoms with van der Waals surface area (Å²) in [6.45, 7) is 4.67. The third-order valence-electron chi connectivity index (χ3n) is 4.65. The van der Waals surface area contributed by atoms with E-state index in [0.29, 0.717) is 30.5 Å². The number of nitrogens with zero attached hydrogens (tertiary/aromatic N) is 2. The van der Waals surface area contributed by atoms with Crippen LogP contribution in [-0.2, 0) is 4.74 Å². The zero-order valence-electron chi connectivity index (χ0n) is 15.8. The lowest BCUT2D eigenvalue weighted by Gasteiger charge is -2.36. The topological polar surface area (TPSA) is 45.2 Å². The Balaban J connectivity index is 1.29. The largest absolute Gasteiger partial charge is 0.491 e. The molecule has 1 atom stereocenters. The Morgan fingerprint density at radius 1 is 1.00 bits per heavy atom. The van der Waals surface area contributed by atoms with Gasteiger partial charge in [-0.25, -0.2) is 4.39 Å². The summed E-state index contributed by atoms with van der Waals surface area (Å²) in [4.78, 5) is 4.22. The summed E-state index contributed by atoms with van der Waals surface area (Å²) in [6, 6.07) is 14.0. The molecular weight excluding hydrogens is 383 g/mol. The summed E-state index contributed by atoms with van der Waals surface area (Å²) in [7, 11) is 0. The number of anilines is 1. The fourth-order valence-corrected chi connectivity index (χ4v) is 3.32. The average molecular weight is 409 g/mol. The van der Waals surface area contributed by atoms with Crippen LogP contribution in [0, 0.1) is 5.82 Å². The molecular formula is C21H26ClFN2O3. The van der Waals surface area contributed by atoms with Crippen LogP contribution in [0.2, 0.25) is 5.02 Å². The first-order valence-electron chi connectivity index (χ1n) is 9.48. The lowest BCUT2D eigenvalue weighted by atomic mass is 10.2. The minimum atomic E-state index is -0.560. The number of benzene rings is 2. The molecule has 0 saturated carbocycles. The summed E-state index contributed by atoms with van der Waals surface area (Å²) >= 11 is 5.83. The molecule has 0 unspecified atom stereocenters. The molecule has 1 fully saturated rings. The second kappa shape index (κ2) is 10.6. The SMILES string of the molecule is O[C@H](COCCOc1ccc(Cl)cc1)CN1CCN(c2ccccc2F)CC1. The third kappa shape index (κ3) is 6.34. The van der Waals surface area contributed by atoms with Crippen LogP contribution in [0.5, 0.6) is 5.75 Å². The number of rotatable bonds is 9. The van der Waals surface area contributed by atoms with Crippen molar-refractivity contribution in [2.24, 2.45) is 0 Å². The second-order valence-corrected chi connectivity index (χ2v) is 7.21. The van der Waals surface area contributed by atoms with E-state index in [4.69, 9.17) is 21.1 Å². The van der Waals surface area contributed by atoms with E-state index in [2.05, 4.69) is 4.90 Å². The highest BCUT2D eigenvalue weighted by Crippen LogP contribution is 2.20. The van der Waals surface area contributed by atoms with E-state index in [0.717, 1.165) is 31.9 Å². The normalized spacial score (nSPS) is 16.2. The molecule has 1 aliphatic heterocycles. The van der Waals surface area contributed by atoms with E-state index in [1.54, 1.807) is 36.4 Å². The molecule has 0 spiro atoms. The quantitative estimate of drug-likeness (QED) is 0.646. The molecule has 0 radical (unpaired) electrons. The molecule has 1 saturated heterocycles. The van der Waals surface area contributed by atoms with E-state index < -0.39 is 6.10 Å². The molecule has 152 valence electrons. The third-order valence-corrected chi connectivity index (χ3v) is 4.91. The maximum absolute atomic E-state index is 13.9. The molecule has 1 heterocycles. The van der Waals surface area contributed by atoms with Gasteiger partial charge in [-0.15, -0.1) is 0 Å². The van der Waals surface area contributed by atoms with Gasteiger partial charge in [0.25, 0.3) is 0 Å². The monoisotopic (exact) mass is 408 g/mol. The first kappa shape index (κ1) is 20.9. The molecule has 28 heavy (non-hydrogen) atoms. The standard InChI is InChI=1S/C21H26ClFN2O3/c22-17-5-7-19(8-6-17)28-14-13-27-16-18(26)15-24-9-11-25(12-10-24)21-4-2-1-3-20(21)23/h1-8,18,26H,9-16H2/t18-/m0/s1. The molecule has 1 N–H and O–H groups in total. The summed E-state index contributed by atoms with van der Waals surface area (Å²) in [6.07, 6.45) is -0.560. The lowest BCUT2D eigenvalue weighted by molar-refractivity contribution is 0.00717. The van der Waals surface area contributed by atoms with Gasteiger partial charge in [-0.1, -0.05) is 23.7 Å². The van der Waals surface area contributed by atoms with Crippen LogP contribution < -0.4 is 9.64 Å². The molecule has 1 aliphatic rings. The zero-order valence-corrected chi connectivity index (χ0v) is 16.5. The van der Waals surface area contributed by atoms with E-state index in [1.807, 2.05) is 11.0 Å². The minimum absolute atomic E-state index is 0.190. The molecule has 0 bridgehead atoms. The van der Waals surface area contributed by atoms with Crippen molar-refractivity contribution < 1.29 is 19.0 Å². The van der Waals surface area contributed by atoms with Crippen molar-refractivity contribution in [3.05, 3.63) is 59.4 Å². The Kier molecular flexibility index (Phi) is 7.91. The lowest BCUT2D eigenvalue weighted by Crippen LogP contribution is -2.49. The van der Waals surface area contributed by atoms with Gasteiger partial charge in [-0.3, -0.25) is 4.90 Å². The predicted octanol–water partition coefficient (Wildman–Crippen LogP) is 3.06. The maximum Gasteiger partial charge on any atom is 0.146 e. The van der Waals surface area contributed by atoms with Gasteiger partial charge in [0.05, 0.1) is 25.0 Å². The molecule has 2 aromatic carbocycles. The van der Waals surface area contributed by atoms with Crippen molar-refractivity contribution in [2.75, 3.05) is 57.4 Å². The van der Waals surface area contributed by atoms with Crippen LogP contribution in [0.15, 0.2) is 48.5 Å². The van der Waals surface area contributed by atoms with Crippen molar-refractivity contribution in [1.82, 2.24) is 4.90 Å². The van der Waals surface area contributed by atoms with Gasteiger partial charge in [0, 0.05) is 37.7 Å². The molecule has 0 aliphatic carbocycles. The Hall–Kier alpha value is -1.86. The molecule has 5 nitrogen and oxygen atoms in total. The van der Waals surface area contributed by atoms with Crippen molar-refractivity contribution in [3.63, 3.8) is 0 Å². The van der Waals surface area contributed by atoms with Crippen molar-refractivity contribution in [2.45, 2.75) is 6.10 Å². The number of para-hydroxylation sites is 1. The Labute approximate surface area is 170 Å². The van der Waals surface area contributed by atoms with Gasteiger partial charge < -0.3 is 19.5 Å². The van der Waals surface area contributed by atoms with Gasteiger partial charge in [-0.05, 0) is 36.4 Å². The Morgan fingerprint density at radius 3 is 2.43 bits per heavy atom. The van der Waals surface area contributed by atoms with Gasteiger partial charge in [0.15, 0.2) is 0 Å². The first-order valence-corrected chi connectivity index (χ1v) is 9.85. The van der Waals surface area contributed by atoms with Crippen LogP contribution in [-0.4, -0.2) is 68.7 Å². The summed E-state index contributed by atoms with van der Waals surface area (Å²) in [5.41, 5.74) is 0.645. The van der Waals surface area contributed by atoms with Gasteiger partial charge in [0.1, 0.15) is 18.2 Å². The van der Waals surface area contributed by atoms with Crippen LogP contribution in [0.3, 0.4) is 0 Å². The van der Waals surface area contributed by atoms with Crippen LogP contribution in [0.25, 0.3) is 0 Å². The Morgan fingerprint density at radius 2 is 1.71 bits per heavy atom. The summed E-state index contributed by atoms with van der Waals surface area (Å²) in [5, 5.41) is 10.8. The van der Waals surface area contributed by atoms with Crippen molar-refractivity contribution in [3.8, 4) is 5.75 Å². The average Bonchev–Trinajstić information content (AvgIpc) is 2.70. The smallest absolute Gasteiger partial charge is 0.146 e. The number of aliphatic hydroxyl groups excluding tert-OH is 1. The van der Waals surface area contributed by atoms with E-state index in [9.17, 15) is 9.50 Å². The summed E-state index contributed by atoms with van der Waals surface area (Å²) < 4.78 is 24.9. The van der Waals surface area contributed by atoms with E-state index in [1.165, 1.54) is 6.07 Å². The van der Waals surface area contributed by atoms with Crippen molar-refractivity contribution in [1.29, 1.82) is 0 Å². The molecule has 7 heteroatoms. The summed E-state index contributed by atoms with van der Waals surface area (Å²) in [5.74, 6) is 0.548. The number of aliphatic hydroxyl groups is 1. The first-order chi connectivity index (χ1) is 13.6. The van der Waals surface area contributed by atoms with E-state index in [-0.39, 0.29) is 12.4 Å². The zero-order chi connectivity index (χ0) is 19.8. The molecule has 3 rings (SSSR count). The van der Waals surface area contributed by atoms with Gasteiger partial charge in [-0.2, -0.15) is 0 Å². The number of halogens is 2. The van der Waals surface area contributed by atoms with Gasteiger partial charge >= 0.3 is 0 Å². The number of hydrogen-bond acceptors (Lipinski definition) is 5. The highest BCUT2D eigenvalue weighted by Gasteiger charge is 2.21. The van der Waals surface area contributed by atoms with Crippen LogP contribution in [0.1, 0.15) is 0 Å². The number of ether oxygens (including phenoxy) is 2. The molecule has 0 amide bonds. The minimum Gasteiger partial charge on any atom is -0.491 e. The fraction of sp³-hybridized carbons (Fsp3) is 0.429. The number of β-amino-alcohol motifs (C(OH)–C–C–N with tert-alkyl or cyclic N) is 1.